The molecule has 1 saturated heterocycles. The molecule has 4 rings (SSSR count). The lowest BCUT2D eigenvalue weighted by Gasteiger charge is -2.33. The summed E-state index contributed by atoms with van der Waals surface area (Å²) >= 11 is 0. The number of aromatic amines is 1. The lowest BCUT2D eigenvalue weighted by Crippen LogP contribution is -2.42. The summed E-state index contributed by atoms with van der Waals surface area (Å²) in [6.45, 7) is 1.45. The van der Waals surface area contributed by atoms with E-state index < -0.39 is 0 Å². The zero-order chi connectivity index (χ0) is 16.5. The van der Waals surface area contributed by atoms with Gasteiger partial charge in [0.2, 0.25) is 0 Å². The third-order valence-electron chi connectivity index (χ3n) is 4.26. The maximum atomic E-state index is 13.1. The Hall–Kier alpha value is -2.73. The Morgan fingerprint density at radius 3 is 2.92 bits per heavy atom. The van der Waals surface area contributed by atoms with Crippen molar-refractivity contribution in [2.75, 3.05) is 19.7 Å². The minimum atomic E-state index is -0.282. The highest BCUT2D eigenvalue weighted by atomic mass is 19.1. The number of nitrogens with zero attached hydrogens (tertiary/aromatic N) is 2. The first-order chi connectivity index (χ1) is 11.7. The number of benzene rings is 2. The fourth-order valence-corrected chi connectivity index (χ4v) is 2.96. The van der Waals surface area contributed by atoms with Gasteiger partial charge in [-0.05, 0) is 35.9 Å². The van der Waals surface area contributed by atoms with Gasteiger partial charge in [0.15, 0.2) is 0 Å². The summed E-state index contributed by atoms with van der Waals surface area (Å²) in [7, 11) is 0. The van der Waals surface area contributed by atoms with Gasteiger partial charge in [-0.25, -0.2) is 9.37 Å². The average molecular weight is 325 g/mol. The summed E-state index contributed by atoms with van der Waals surface area (Å²) < 4.78 is 18.8. The van der Waals surface area contributed by atoms with E-state index in [1.165, 1.54) is 12.1 Å². The second-order valence-corrected chi connectivity index (χ2v) is 5.80. The van der Waals surface area contributed by atoms with Crippen molar-refractivity contribution in [2.24, 2.45) is 0 Å². The molecule has 1 atom stereocenters. The minimum Gasteiger partial charge on any atom is -0.370 e. The van der Waals surface area contributed by atoms with Crippen molar-refractivity contribution in [3.8, 4) is 0 Å². The van der Waals surface area contributed by atoms with Crippen molar-refractivity contribution in [1.29, 1.82) is 0 Å². The second-order valence-electron chi connectivity index (χ2n) is 5.80. The van der Waals surface area contributed by atoms with Crippen LogP contribution in [0.3, 0.4) is 0 Å². The summed E-state index contributed by atoms with van der Waals surface area (Å²) in [6.07, 6.45) is 1.37. The molecule has 1 aliphatic heterocycles. The topological polar surface area (TPSA) is 58.2 Å². The Morgan fingerprint density at radius 2 is 2.08 bits per heavy atom. The van der Waals surface area contributed by atoms with Crippen LogP contribution in [0.25, 0.3) is 11.0 Å². The Bertz CT molecular complexity index is 875. The molecule has 0 radical (unpaired) electrons. The van der Waals surface area contributed by atoms with Crippen LogP contribution in [0.1, 0.15) is 22.0 Å². The van der Waals surface area contributed by atoms with Gasteiger partial charge in [-0.3, -0.25) is 4.79 Å². The molecule has 6 heteroatoms. The molecule has 2 aromatic carbocycles. The Morgan fingerprint density at radius 1 is 1.25 bits per heavy atom. The van der Waals surface area contributed by atoms with E-state index >= 15 is 0 Å². The molecule has 24 heavy (non-hydrogen) atoms. The molecule has 1 aliphatic rings. The molecule has 122 valence electrons. The fourth-order valence-electron chi connectivity index (χ4n) is 2.96. The fraction of sp³-hybridized carbons (Fsp3) is 0.222. The second kappa shape index (κ2) is 6.05. The molecule has 2 heterocycles. The Balaban J connectivity index is 1.54. The van der Waals surface area contributed by atoms with E-state index in [4.69, 9.17) is 4.74 Å². The van der Waals surface area contributed by atoms with Gasteiger partial charge in [0.1, 0.15) is 11.9 Å². The van der Waals surface area contributed by atoms with Crippen LogP contribution in [0.15, 0.2) is 48.8 Å². The highest BCUT2D eigenvalue weighted by molar-refractivity contribution is 5.97. The molecule has 1 fully saturated rings. The van der Waals surface area contributed by atoms with Gasteiger partial charge in [-0.15, -0.1) is 0 Å². The number of amides is 1. The molecule has 0 bridgehead atoms. The number of halogens is 1. The number of imidazole rings is 1. The number of rotatable bonds is 2. The number of hydrogen-bond donors (Lipinski definition) is 1. The smallest absolute Gasteiger partial charge is 0.254 e. The first kappa shape index (κ1) is 14.8. The minimum absolute atomic E-state index is 0.0399. The Kier molecular flexibility index (Phi) is 3.74. The molecule has 1 amide bonds. The summed E-state index contributed by atoms with van der Waals surface area (Å²) in [4.78, 5) is 21.7. The van der Waals surface area contributed by atoms with Crippen LogP contribution in [-0.4, -0.2) is 40.5 Å². The van der Waals surface area contributed by atoms with E-state index in [1.54, 1.807) is 29.4 Å². The standard InChI is InChI=1S/C18H16FN3O2/c19-14-4-1-12(2-5-14)17-10-22(7-8-24-17)18(23)13-3-6-15-16(9-13)21-11-20-15/h1-6,9,11,17H,7-8,10H2,(H,20,21)/t17-/m1/s1. The first-order valence-corrected chi connectivity index (χ1v) is 7.80. The molecule has 1 N–H and O–H groups in total. The van der Waals surface area contributed by atoms with Gasteiger partial charge in [0.25, 0.3) is 5.91 Å². The summed E-state index contributed by atoms with van der Waals surface area (Å²) in [5.74, 6) is -0.322. The third-order valence-corrected chi connectivity index (χ3v) is 4.26. The van der Waals surface area contributed by atoms with Crippen LogP contribution in [0.4, 0.5) is 4.39 Å². The van der Waals surface area contributed by atoms with Crippen molar-refractivity contribution < 1.29 is 13.9 Å². The van der Waals surface area contributed by atoms with Crippen molar-refractivity contribution in [3.63, 3.8) is 0 Å². The number of ether oxygens (including phenoxy) is 1. The lowest BCUT2D eigenvalue weighted by molar-refractivity contribution is -0.0228. The molecule has 3 aromatic rings. The molecular formula is C18H16FN3O2. The number of carbonyl (C=O) groups excluding carboxylic acids is 1. The Labute approximate surface area is 138 Å². The van der Waals surface area contributed by atoms with Crippen LogP contribution >= 0.6 is 0 Å². The molecule has 0 aliphatic carbocycles. The monoisotopic (exact) mass is 325 g/mol. The largest absolute Gasteiger partial charge is 0.370 e. The zero-order valence-corrected chi connectivity index (χ0v) is 12.9. The predicted molar refractivity (Wildman–Crippen MR) is 87.1 cm³/mol. The number of hydrogen-bond acceptors (Lipinski definition) is 3. The van der Waals surface area contributed by atoms with E-state index in [0.29, 0.717) is 25.3 Å². The SMILES string of the molecule is O=C(c1ccc2nc[nH]c2c1)N1CCO[C@@H](c2ccc(F)cc2)C1. The maximum absolute atomic E-state index is 13.1. The van der Waals surface area contributed by atoms with Crippen LogP contribution in [0.2, 0.25) is 0 Å². The van der Waals surface area contributed by atoms with Crippen LogP contribution in [0.5, 0.6) is 0 Å². The molecule has 5 nitrogen and oxygen atoms in total. The van der Waals surface area contributed by atoms with Crippen molar-refractivity contribution in [1.82, 2.24) is 14.9 Å². The molecule has 0 unspecified atom stereocenters. The number of H-pyrrole nitrogens is 1. The first-order valence-electron chi connectivity index (χ1n) is 7.80. The normalized spacial score (nSPS) is 18.0. The van der Waals surface area contributed by atoms with Gasteiger partial charge in [-0.2, -0.15) is 0 Å². The number of morpholine rings is 1. The molecule has 0 saturated carbocycles. The predicted octanol–water partition coefficient (Wildman–Crippen LogP) is 2.92. The average Bonchev–Trinajstić information content (AvgIpc) is 3.09. The van der Waals surface area contributed by atoms with Crippen LogP contribution in [-0.2, 0) is 4.74 Å². The summed E-state index contributed by atoms with van der Waals surface area (Å²) in [6, 6.07) is 11.6. The van der Waals surface area contributed by atoms with Gasteiger partial charge in [0, 0.05) is 12.1 Å². The van der Waals surface area contributed by atoms with Gasteiger partial charge in [0.05, 0.1) is 30.5 Å². The zero-order valence-electron chi connectivity index (χ0n) is 12.9. The maximum Gasteiger partial charge on any atom is 0.254 e. The van der Waals surface area contributed by atoms with Crippen LogP contribution in [0, 0.1) is 5.82 Å². The summed E-state index contributed by atoms with van der Waals surface area (Å²) in [5, 5.41) is 0. The quantitative estimate of drug-likeness (QED) is 0.788. The number of fused-ring (bicyclic) bond motifs is 1. The molecule has 0 spiro atoms. The van der Waals surface area contributed by atoms with E-state index in [-0.39, 0.29) is 17.8 Å². The van der Waals surface area contributed by atoms with Gasteiger partial charge >= 0.3 is 0 Å². The molecule has 1 aromatic heterocycles. The van der Waals surface area contributed by atoms with Crippen molar-refractivity contribution in [3.05, 3.63) is 65.7 Å². The summed E-state index contributed by atoms with van der Waals surface area (Å²) in [5.41, 5.74) is 3.16. The lowest BCUT2D eigenvalue weighted by atomic mass is 10.1. The highest BCUT2D eigenvalue weighted by Crippen LogP contribution is 2.24. The third kappa shape index (κ3) is 2.76. The number of aromatic nitrogens is 2. The van der Waals surface area contributed by atoms with Gasteiger partial charge in [-0.1, -0.05) is 12.1 Å². The van der Waals surface area contributed by atoms with Gasteiger partial charge < -0.3 is 14.6 Å². The van der Waals surface area contributed by atoms with Crippen molar-refractivity contribution >= 4 is 16.9 Å². The highest BCUT2D eigenvalue weighted by Gasteiger charge is 2.26. The van der Waals surface area contributed by atoms with Crippen LogP contribution < -0.4 is 0 Å². The number of carbonyl (C=O) groups is 1. The van der Waals surface area contributed by atoms with E-state index in [9.17, 15) is 9.18 Å². The molecular weight excluding hydrogens is 309 g/mol. The van der Waals surface area contributed by atoms with E-state index in [0.717, 1.165) is 16.6 Å². The van der Waals surface area contributed by atoms with E-state index in [1.807, 2.05) is 12.1 Å². The van der Waals surface area contributed by atoms with E-state index in [2.05, 4.69) is 9.97 Å². The van der Waals surface area contributed by atoms with Crippen molar-refractivity contribution in [2.45, 2.75) is 6.10 Å². The number of nitrogens with one attached hydrogen (secondary N) is 1.